The fourth-order valence-electron chi connectivity index (χ4n) is 1.66. The van der Waals surface area contributed by atoms with Gasteiger partial charge in [-0.05, 0) is 25.0 Å². The Morgan fingerprint density at radius 2 is 1.95 bits per heavy atom. The maximum atomic E-state index is 13.2. The molecule has 19 heavy (non-hydrogen) atoms. The number of halogens is 1. The average Bonchev–Trinajstić information content (AvgIpc) is 2.35. The van der Waals surface area contributed by atoms with E-state index in [0.717, 1.165) is 18.2 Å². The lowest BCUT2D eigenvalue weighted by Crippen LogP contribution is -2.38. The Balaban J connectivity index is 3.18. The second-order valence-corrected chi connectivity index (χ2v) is 4.82. The second-order valence-electron chi connectivity index (χ2n) is 4.82. The van der Waals surface area contributed by atoms with Gasteiger partial charge >= 0.3 is 0 Å². The normalized spacial score (nSPS) is 12.3. The lowest BCUT2D eigenvalue weighted by molar-refractivity contribution is -0.385. The number of hydrogen-bond donors (Lipinski definition) is 0. The van der Waals surface area contributed by atoms with Crippen molar-refractivity contribution in [3.63, 3.8) is 0 Å². The highest BCUT2D eigenvalue weighted by Gasteiger charge is 2.26. The minimum Gasteiger partial charge on any atom is -0.339 e. The fourth-order valence-corrected chi connectivity index (χ4v) is 1.66. The van der Waals surface area contributed by atoms with Crippen LogP contribution in [0, 0.1) is 21.8 Å². The lowest BCUT2D eigenvalue weighted by atomic mass is 10.0. The molecule has 0 aliphatic rings. The first-order valence-electron chi connectivity index (χ1n) is 5.96. The van der Waals surface area contributed by atoms with Crippen molar-refractivity contribution in [2.45, 2.75) is 26.8 Å². The Morgan fingerprint density at radius 3 is 2.42 bits per heavy atom. The van der Waals surface area contributed by atoms with E-state index in [1.54, 1.807) is 7.05 Å². The van der Waals surface area contributed by atoms with Crippen molar-refractivity contribution in [2.24, 2.45) is 5.92 Å². The van der Waals surface area contributed by atoms with Crippen molar-refractivity contribution in [3.05, 3.63) is 39.7 Å². The van der Waals surface area contributed by atoms with Crippen LogP contribution in [0.25, 0.3) is 0 Å². The molecule has 104 valence electrons. The number of carbonyl (C=O) groups is 1. The molecule has 0 aromatic heterocycles. The van der Waals surface area contributed by atoms with E-state index in [0.29, 0.717) is 0 Å². The molecular weight excluding hydrogens is 251 g/mol. The van der Waals surface area contributed by atoms with Crippen LogP contribution in [0.5, 0.6) is 0 Å². The van der Waals surface area contributed by atoms with Crippen LogP contribution in [0.3, 0.4) is 0 Å². The Kier molecular flexibility index (Phi) is 4.58. The highest BCUT2D eigenvalue weighted by atomic mass is 19.1. The van der Waals surface area contributed by atoms with Crippen LogP contribution in [-0.2, 0) is 0 Å². The molecule has 0 heterocycles. The van der Waals surface area contributed by atoms with Gasteiger partial charge in [0.1, 0.15) is 11.4 Å². The molecule has 5 nitrogen and oxygen atoms in total. The summed E-state index contributed by atoms with van der Waals surface area (Å²) in [5, 5.41) is 10.9. The second kappa shape index (κ2) is 5.77. The van der Waals surface area contributed by atoms with E-state index >= 15 is 0 Å². The Labute approximate surface area is 111 Å². The van der Waals surface area contributed by atoms with Gasteiger partial charge in [0, 0.05) is 19.2 Å². The third-order valence-electron chi connectivity index (χ3n) is 3.28. The van der Waals surface area contributed by atoms with Crippen LogP contribution in [0.2, 0.25) is 0 Å². The van der Waals surface area contributed by atoms with Gasteiger partial charge in [-0.1, -0.05) is 13.8 Å². The third kappa shape index (κ3) is 3.27. The first-order valence-corrected chi connectivity index (χ1v) is 5.96. The zero-order chi connectivity index (χ0) is 14.7. The Morgan fingerprint density at radius 1 is 1.37 bits per heavy atom. The number of nitrogens with zero attached hydrogens (tertiary/aromatic N) is 2. The van der Waals surface area contributed by atoms with Crippen LogP contribution in [0.1, 0.15) is 31.1 Å². The van der Waals surface area contributed by atoms with E-state index in [9.17, 15) is 19.3 Å². The molecule has 1 atom stereocenters. The van der Waals surface area contributed by atoms with E-state index in [-0.39, 0.29) is 23.2 Å². The van der Waals surface area contributed by atoms with Gasteiger partial charge in [-0.2, -0.15) is 0 Å². The number of nitro benzene ring substituents is 1. The van der Waals surface area contributed by atoms with Crippen LogP contribution < -0.4 is 0 Å². The van der Waals surface area contributed by atoms with Crippen molar-refractivity contribution < 1.29 is 14.1 Å². The largest absolute Gasteiger partial charge is 0.339 e. The summed E-state index contributed by atoms with van der Waals surface area (Å²) in [5.41, 5.74) is -0.603. The van der Waals surface area contributed by atoms with Crippen LogP contribution in [0.4, 0.5) is 10.1 Å². The van der Waals surface area contributed by atoms with Crippen LogP contribution in [0.15, 0.2) is 18.2 Å². The summed E-state index contributed by atoms with van der Waals surface area (Å²) >= 11 is 0. The smallest absolute Gasteiger partial charge is 0.282 e. The molecule has 0 radical (unpaired) electrons. The summed E-state index contributed by atoms with van der Waals surface area (Å²) in [5.74, 6) is -1.02. The van der Waals surface area contributed by atoms with Gasteiger partial charge < -0.3 is 4.90 Å². The summed E-state index contributed by atoms with van der Waals surface area (Å²) < 4.78 is 13.2. The van der Waals surface area contributed by atoms with Gasteiger partial charge in [0.05, 0.1) is 4.92 Å². The number of hydrogen-bond acceptors (Lipinski definition) is 3. The van der Waals surface area contributed by atoms with Crippen LogP contribution in [-0.4, -0.2) is 28.8 Å². The van der Waals surface area contributed by atoms with E-state index in [1.165, 1.54) is 4.90 Å². The molecule has 0 spiro atoms. The van der Waals surface area contributed by atoms with Crippen molar-refractivity contribution in [1.82, 2.24) is 4.90 Å². The minimum atomic E-state index is -0.680. The monoisotopic (exact) mass is 268 g/mol. The first-order chi connectivity index (χ1) is 8.75. The summed E-state index contributed by atoms with van der Waals surface area (Å²) in [4.78, 5) is 23.8. The molecule has 1 rings (SSSR count). The zero-order valence-electron chi connectivity index (χ0n) is 11.4. The van der Waals surface area contributed by atoms with Crippen molar-refractivity contribution in [2.75, 3.05) is 7.05 Å². The van der Waals surface area contributed by atoms with E-state index < -0.39 is 16.6 Å². The van der Waals surface area contributed by atoms with Gasteiger partial charge in [-0.3, -0.25) is 14.9 Å². The summed E-state index contributed by atoms with van der Waals surface area (Å²) in [6.07, 6.45) is 0. The topological polar surface area (TPSA) is 63.5 Å². The Bertz CT molecular complexity index is 503. The standard InChI is InChI=1S/C13H17FN2O3/c1-8(2)9(3)15(4)13(17)11-7-10(14)5-6-12(11)16(18)19/h5-9H,1-4H3. The quantitative estimate of drug-likeness (QED) is 0.623. The molecule has 0 saturated carbocycles. The molecule has 1 aromatic carbocycles. The molecule has 0 N–H and O–H groups in total. The number of nitro groups is 1. The third-order valence-corrected chi connectivity index (χ3v) is 3.28. The van der Waals surface area contributed by atoms with Crippen molar-refractivity contribution in [3.8, 4) is 0 Å². The fraction of sp³-hybridized carbons (Fsp3) is 0.462. The van der Waals surface area contributed by atoms with Crippen LogP contribution >= 0.6 is 0 Å². The molecule has 0 saturated heterocycles. The van der Waals surface area contributed by atoms with Crippen molar-refractivity contribution >= 4 is 11.6 Å². The first kappa shape index (κ1) is 15.1. The maximum absolute atomic E-state index is 13.2. The van der Waals surface area contributed by atoms with E-state index in [4.69, 9.17) is 0 Å². The van der Waals surface area contributed by atoms with Gasteiger partial charge in [-0.25, -0.2) is 4.39 Å². The molecule has 1 amide bonds. The number of benzene rings is 1. The minimum absolute atomic E-state index is 0.102. The average molecular weight is 268 g/mol. The molecule has 1 unspecified atom stereocenters. The summed E-state index contributed by atoms with van der Waals surface area (Å²) in [6, 6.07) is 2.79. The van der Waals surface area contributed by atoms with Gasteiger partial charge in [-0.15, -0.1) is 0 Å². The zero-order valence-corrected chi connectivity index (χ0v) is 11.4. The van der Waals surface area contributed by atoms with E-state index in [1.807, 2.05) is 20.8 Å². The number of rotatable bonds is 4. The molecule has 0 fully saturated rings. The van der Waals surface area contributed by atoms with Gasteiger partial charge in [0.2, 0.25) is 0 Å². The highest BCUT2D eigenvalue weighted by molar-refractivity contribution is 5.98. The molecule has 0 aliphatic carbocycles. The molecule has 6 heteroatoms. The predicted octanol–water partition coefficient (Wildman–Crippen LogP) is 2.85. The number of amides is 1. The van der Waals surface area contributed by atoms with Gasteiger partial charge in [0.25, 0.3) is 11.6 Å². The Hall–Kier alpha value is -1.98. The molecule has 0 aliphatic heterocycles. The lowest BCUT2D eigenvalue weighted by Gasteiger charge is -2.27. The molecular formula is C13H17FN2O3. The van der Waals surface area contributed by atoms with Crippen molar-refractivity contribution in [1.29, 1.82) is 0 Å². The molecule has 0 bridgehead atoms. The maximum Gasteiger partial charge on any atom is 0.282 e. The summed E-state index contributed by atoms with van der Waals surface area (Å²) in [7, 11) is 1.56. The molecule has 1 aromatic rings. The predicted molar refractivity (Wildman–Crippen MR) is 69.4 cm³/mol. The van der Waals surface area contributed by atoms with Gasteiger partial charge in [0.15, 0.2) is 0 Å². The highest BCUT2D eigenvalue weighted by Crippen LogP contribution is 2.22. The van der Waals surface area contributed by atoms with E-state index in [2.05, 4.69) is 0 Å². The summed E-state index contributed by atoms with van der Waals surface area (Å²) in [6.45, 7) is 5.72. The number of carbonyl (C=O) groups excluding carboxylic acids is 1. The SMILES string of the molecule is CC(C)C(C)N(C)C(=O)c1cc(F)ccc1[N+](=O)[O-].